The number of nitrogens with zero attached hydrogens (tertiary/aromatic N) is 1. The number of quaternary nitrogens is 1. The molecule has 1 rings (SSSR count). The summed E-state index contributed by atoms with van der Waals surface area (Å²) >= 11 is 0. The van der Waals surface area contributed by atoms with Crippen LogP contribution in [0.15, 0.2) is 30.3 Å². The summed E-state index contributed by atoms with van der Waals surface area (Å²) in [6.07, 6.45) is 5.44. The van der Waals surface area contributed by atoms with Crippen LogP contribution in [-0.4, -0.2) is 25.1 Å². The Morgan fingerprint density at radius 1 is 0.941 bits per heavy atom. The molecular formula is C15H26ClN. The lowest BCUT2D eigenvalue weighted by Crippen LogP contribution is -3.00. The Bertz CT molecular complexity index is 282. The Balaban J connectivity index is 0.00000256. The second kappa shape index (κ2) is 8.54. The summed E-state index contributed by atoms with van der Waals surface area (Å²) in [5.41, 5.74) is 1.45. The van der Waals surface area contributed by atoms with Crippen LogP contribution >= 0.6 is 0 Å². The van der Waals surface area contributed by atoms with E-state index in [2.05, 4.69) is 51.4 Å². The summed E-state index contributed by atoms with van der Waals surface area (Å²) in [6, 6.07) is 10.8. The first-order chi connectivity index (χ1) is 7.64. The molecule has 0 unspecified atom stereocenters. The van der Waals surface area contributed by atoms with Gasteiger partial charge in [-0.05, 0) is 12.8 Å². The van der Waals surface area contributed by atoms with E-state index in [9.17, 15) is 0 Å². The van der Waals surface area contributed by atoms with Crippen molar-refractivity contribution in [2.45, 2.75) is 39.2 Å². The van der Waals surface area contributed by atoms with Crippen LogP contribution in [0.4, 0.5) is 0 Å². The lowest BCUT2D eigenvalue weighted by Gasteiger charge is -2.30. The van der Waals surface area contributed by atoms with Crippen molar-refractivity contribution >= 4 is 0 Å². The molecule has 0 aliphatic carbocycles. The van der Waals surface area contributed by atoms with Crippen LogP contribution < -0.4 is 12.4 Å². The summed E-state index contributed by atoms with van der Waals surface area (Å²) in [5.74, 6) is 0. The Morgan fingerprint density at radius 2 is 1.59 bits per heavy atom. The molecule has 1 aromatic carbocycles. The van der Waals surface area contributed by atoms with Crippen LogP contribution in [0.3, 0.4) is 0 Å². The standard InChI is InChI=1S/C15H26N.ClH/c1-4-5-6-10-13-16(2,3)14-15-11-8-7-9-12-15;/h7-9,11-12H,4-6,10,13-14H2,1-3H3;1H/q+1;/p-1. The largest absolute Gasteiger partial charge is 1.00 e. The van der Waals surface area contributed by atoms with Gasteiger partial charge in [-0.3, -0.25) is 0 Å². The minimum Gasteiger partial charge on any atom is -1.00 e. The summed E-state index contributed by atoms with van der Waals surface area (Å²) < 4.78 is 1.10. The molecule has 0 aliphatic heterocycles. The van der Waals surface area contributed by atoms with Gasteiger partial charge in [-0.25, -0.2) is 0 Å². The average molecular weight is 256 g/mol. The van der Waals surface area contributed by atoms with Crippen molar-refractivity contribution in [2.75, 3.05) is 20.6 Å². The molecule has 0 spiro atoms. The van der Waals surface area contributed by atoms with Crippen molar-refractivity contribution < 1.29 is 16.9 Å². The molecule has 0 bridgehead atoms. The molecule has 1 aromatic rings. The number of benzene rings is 1. The van der Waals surface area contributed by atoms with Gasteiger partial charge in [0.05, 0.1) is 20.6 Å². The molecule has 0 aliphatic rings. The first kappa shape index (κ1) is 16.5. The summed E-state index contributed by atoms with van der Waals surface area (Å²) in [5, 5.41) is 0. The fourth-order valence-corrected chi connectivity index (χ4v) is 2.12. The van der Waals surface area contributed by atoms with Crippen LogP contribution in [-0.2, 0) is 6.54 Å². The van der Waals surface area contributed by atoms with Gasteiger partial charge in [0.2, 0.25) is 0 Å². The fourth-order valence-electron chi connectivity index (χ4n) is 2.12. The molecule has 1 nitrogen and oxygen atoms in total. The first-order valence-electron chi connectivity index (χ1n) is 6.50. The third-order valence-electron chi connectivity index (χ3n) is 3.07. The van der Waals surface area contributed by atoms with E-state index < -0.39 is 0 Å². The Labute approximate surface area is 113 Å². The topological polar surface area (TPSA) is 0 Å². The lowest BCUT2D eigenvalue weighted by molar-refractivity contribution is -0.903. The zero-order chi connectivity index (χ0) is 11.9. The minimum atomic E-state index is 0. The number of rotatable bonds is 7. The van der Waals surface area contributed by atoms with Crippen LogP contribution in [0.5, 0.6) is 0 Å². The number of halogens is 1. The fraction of sp³-hybridized carbons (Fsp3) is 0.600. The summed E-state index contributed by atoms with van der Waals surface area (Å²) in [7, 11) is 4.66. The molecule has 0 radical (unpaired) electrons. The second-order valence-corrected chi connectivity index (χ2v) is 5.36. The molecule has 2 heteroatoms. The third-order valence-corrected chi connectivity index (χ3v) is 3.07. The van der Waals surface area contributed by atoms with Crippen LogP contribution in [0.25, 0.3) is 0 Å². The lowest BCUT2D eigenvalue weighted by atomic mass is 10.1. The van der Waals surface area contributed by atoms with Crippen LogP contribution in [0.1, 0.15) is 38.2 Å². The van der Waals surface area contributed by atoms with Gasteiger partial charge in [0, 0.05) is 5.56 Å². The van der Waals surface area contributed by atoms with E-state index in [-0.39, 0.29) is 12.4 Å². The molecule has 0 saturated carbocycles. The smallest absolute Gasteiger partial charge is 0.104 e. The maximum absolute atomic E-state index is 2.33. The van der Waals surface area contributed by atoms with E-state index in [0.717, 1.165) is 11.0 Å². The van der Waals surface area contributed by atoms with Crippen LogP contribution in [0, 0.1) is 0 Å². The molecule has 0 N–H and O–H groups in total. The highest BCUT2D eigenvalue weighted by Gasteiger charge is 2.14. The first-order valence-corrected chi connectivity index (χ1v) is 6.50. The highest BCUT2D eigenvalue weighted by atomic mass is 35.5. The van der Waals surface area contributed by atoms with Gasteiger partial charge in [0.1, 0.15) is 6.54 Å². The van der Waals surface area contributed by atoms with Crippen molar-refractivity contribution in [3.05, 3.63) is 35.9 Å². The van der Waals surface area contributed by atoms with Crippen LogP contribution in [0.2, 0.25) is 0 Å². The van der Waals surface area contributed by atoms with Crippen molar-refractivity contribution in [3.63, 3.8) is 0 Å². The predicted molar refractivity (Wildman–Crippen MR) is 71.3 cm³/mol. The predicted octanol–water partition coefficient (Wildman–Crippen LogP) is 0.847. The Kier molecular flexibility index (Phi) is 8.28. The number of hydrogen-bond donors (Lipinski definition) is 0. The molecule has 0 amide bonds. The van der Waals surface area contributed by atoms with E-state index in [1.54, 1.807) is 0 Å². The summed E-state index contributed by atoms with van der Waals surface area (Å²) in [4.78, 5) is 0. The van der Waals surface area contributed by atoms with Crippen molar-refractivity contribution in [2.24, 2.45) is 0 Å². The average Bonchev–Trinajstić information content (AvgIpc) is 2.25. The van der Waals surface area contributed by atoms with Gasteiger partial charge < -0.3 is 16.9 Å². The molecule has 0 saturated heterocycles. The summed E-state index contributed by atoms with van der Waals surface area (Å²) in [6.45, 7) is 4.70. The van der Waals surface area contributed by atoms with Gasteiger partial charge in [-0.15, -0.1) is 0 Å². The molecule has 0 heterocycles. The normalized spacial score (nSPS) is 11.0. The Morgan fingerprint density at radius 3 is 2.18 bits per heavy atom. The van der Waals surface area contributed by atoms with Crippen molar-refractivity contribution in [3.8, 4) is 0 Å². The van der Waals surface area contributed by atoms with Crippen molar-refractivity contribution in [1.29, 1.82) is 0 Å². The van der Waals surface area contributed by atoms with Crippen molar-refractivity contribution in [1.82, 2.24) is 0 Å². The van der Waals surface area contributed by atoms with Gasteiger partial charge in [0.25, 0.3) is 0 Å². The minimum absolute atomic E-state index is 0. The van der Waals surface area contributed by atoms with Gasteiger partial charge in [0.15, 0.2) is 0 Å². The molecule has 0 fully saturated rings. The van der Waals surface area contributed by atoms with Gasteiger partial charge in [-0.2, -0.15) is 0 Å². The van der Waals surface area contributed by atoms with Gasteiger partial charge >= 0.3 is 0 Å². The number of unbranched alkanes of at least 4 members (excludes halogenated alkanes) is 3. The Hall–Kier alpha value is -0.530. The van der Waals surface area contributed by atoms with E-state index in [4.69, 9.17) is 0 Å². The SMILES string of the molecule is CCCCCC[N+](C)(C)Cc1ccccc1.[Cl-]. The third kappa shape index (κ3) is 7.40. The van der Waals surface area contributed by atoms with E-state index in [1.165, 1.54) is 37.8 Å². The molecule has 17 heavy (non-hydrogen) atoms. The maximum Gasteiger partial charge on any atom is 0.104 e. The molecule has 0 atom stereocenters. The van der Waals surface area contributed by atoms with E-state index in [0.29, 0.717) is 0 Å². The number of hydrogen-bond acceptors (Lipinski definition) is 0. The second-order valence-electron chi connectivity index (χ2n) is 5.36. The van der Waals surface area contributed by atoms with E-state index >= 15 is 0 Å². The van der Waals surface area contributed by atoms with Gasteiger partial charge in [-0.1, -0.05) is 50.1 Å². The zero-order valence-electron chi connectivity index (χ0n) is 11.5. The monoisotopic (exact) mass is 255 g/mol. The highest BCUT2D eigenvalue weighted by Crippen LogP contribution is 2.11. The zero-order valence-corrected chi connectivity index (χ0v) is 12.2. The molecular weight excluding hydrogens is 230 g/mol. The quantitative estimate of drug-likeness (QED) is 0.501. The molecule has 98 valence electrons. The maximum atomic E-state index is 2.33. The van der Waals surface area contributed by atoms with E-state index in [1.807, 2.05) is 0 Å². The highest BCUT2D eigenvalue weighted by molar-refractivity contribution is 5.13. The molecule has 0 aromatic heterocycles.